The van der Waals surface area contributed by atoms with Crippen LogP contribution < -0.4 is 10.2 Å². The molecule has 0 bridgehead atoms. The van der Waals surface area contributed by atoms with Crippen molar-refractivity contribution in [3.63, 3.8) is 0 Å². The van der Waals surface area contributed by atoms with Crippen LogP contribution in [0.5, 0.6) is 0 Å². The van der Waals surface area contributed by atoms with E-state index in [0.717, 1.165) is 31.7 Å². The average molecular weight is 278 g/mol. The van der Waals surface area contributed by atoms with E-state index in [1.807, 2.05) is 32.9 Å². The van der Waals surface area contributed by atoms with E-state index in [1.54, 1.807) is 6.20 Å². The van der Waals surface area contributed by atoms with Crippen LogP contribution in [-0.4, -0.2) is 41.0 Å². The van der Waals surface area contributed by atoms with Crippen molar-refractivity contribution in [2.75, 3.05) is 18.0 Å². The highest BCUT2D eigenvalue weighted by atomic mass is 16.6. The quantitative estimate of drug-likeness (QED) is 0.896. The fraction of sp³-hybridized carbons (Fsp3) is 0.643. The van der Waals surface area contributed by atoms with Gasteiger partial charge in [-0.3, -0.25) is 0 Å². The van der Waals surface area contributed by atoms with Gasteiger partial charge in [-0.1, -0.05) is 0 Å². The van der Waals surface area contributed by atoms with Crippen molar-refractivity contribution >= 4 is 11.9 Å². The zero-order valence-corrected chi connectivity index (χ0v) is 12.3. The Morgan fingerprint density at radius 2 is 2.30 bits per heavy atom. The van der Waals surface area contributed by atoms with E-state index in [0.29, 0.717) is 0 Å². The standard InChI is InChI=1S/C14H22N4O2/c1-14(2,3)20-13(19)16-11-6-5-9-18(10-11)12-7-4-8-15-17-12/h4,7-8,11H,5-6,9-10H2,1-3H3,(H,16,19)/t11-/m0/s1. The number of carbonyl (C=O) groups excluding carboxylic acids is 1. The van der Waals surface area contributed by atoms with Gasteiger partial charge in [-0.25, -0.2) is 4.79 Å². The zero-order chi connectivity index (χ0) is 14.6. The molecule has 20 heavy (non-hydrogen) atoms. The number of piperidine rings is 1. The number of rotatable bonds is 2. The largest absolute Gasteiger partial charge is 0.444 e. The highest BCUT2D eigenvalue weighted by Gasteiger charge is 2.24. The van der Waals surface area contributed by atoms with Crippen LogP contribution in [0, 0.1) is 0 Å². The molecule has 0 radical (unpaired) electrons. The van der Waals surface area contributed by atoms with Crippen molar-refractivity contribution in [2.45, 2.75) is 45.3 Å². The Labute approximate surface area is 119 Å². The van der Waals surface area contributed by atoms with Gasteiger partial charge in [-0.2, -0.15) is 5.10 Å². The van der Waals surface area contributed by atoms with Gasteiger partial charge in [-0.05, 0) is 45.7 Å². The summed E-state index contributed by atoms with van der Waals surface area (Å²) in [5.41, 5.74) is -0.469. The van der Waals surface area contributed by atoms with Gasteiger partial charge >= 0.3 is 6.09 Å². The highest BCUT2D eigenvalue weighted by Crippen LogP contribution is 2.17. The fourth-order valence-corrected chi connectivity index (χ4v) is 2.24. The highest BCUT2D eigenvalue weighted by molar-refractivity contribution is 5.68. The summed E-state index contributed by atoms with van der Waals surface area (Å²) in [6.07, 6.45) is 3.26. The molecule has 0 aromatic carbocycles. The van der Waals surface area contributed by atoms with E-state index < -0.39 is 5.60 Å². The van der Waals surface area contributed by atoms with E-state index in [9.17, 15) is 4.79 Å². The molecule has 0 spiro atoms. The van der Waals surface area contributed by atoms with Crippen LogP contribution in [0.15, 0.2) is 18.3 Å². The third-order valence-electron chi connectivity index (χ3n) is 3.02. The number of amides is 1. The summed E-state index contributed by atoms with van der Waals surface area (Å²) in [6, 6.07) is 3.89. The van der Waals surface area contributed by atoms with Gasteiger partial charge in [0.15, 0.2) is 5.82 Å². The Hall–Kier alpha value is -1.85. The summed E-state index contributed by atoms with van der Waals surface area (Å²) in [5.74, 6) is 0.850. The number of hydrogen-bond acceptors (Lipinski definition) is 5. The van der Waals surface area contributed by atoms with Crippen molar-refractivity contribution in [3.8, 4) is 0 Å². The molecule has 2 rings (SSSR count). The minimum atomic E-state index is -0.469. The maximum atomic E-state index is 11.8. The van der Waals surface area contributed by atoms with Gasteiger partial charge in [0.2, 0.25) is 0 Å². The summed E-state index contributed by atoms with van der Waals surface area (Å²) in [6.45, 7) is 7.25. The Morgan fingerprint density at radius 3 is 2.95 bits per heavy atom. The molecule has 1 aromatic heterocycles. The molecule has 1 aliphatic rings. The Bertz CT molecular complexity index is 444. The van der Waals surface area contributed by atoms with E-state index in [4.69, 9.17) is 4.74 Å². The fourth-order valence-electron chi connectivity index (χ4n) is 2.24. The molecule has 0 saturated carbocycles. The third-order valence-corrected chi connectivity index (χ3v) is 3.02. The minimum Gasteiger partial charge on any atom is -0.444 e. The van der Waals surface area contributed by atoms with Crippen LogP contribution in [0.1, 0.15) is 33.6 Å². The first-order valence-electron chi connectivity index (χ1n) is 6.96. The van der Waals surface area contributed by atoms with Crippen molar-refractivity contribution in [1.29, 1.82) is 0 Å². The minimum absolute atomic E-state index is 0.0839. The van der Waals surface area contributed by atoms with Gasteiger partial charge in [-0.15, -0.1) is 5.10 Å². The van der Waals surface area contributed by atoms with Gasteiger partial charge in [0.1, 0.15) is 5.60 Å². The van der Waals surface area contributed by atoms with Crippen molar-refractivity contribution in [3.05, 3.63) is 18.3 Å². The van der Waals surface area contributed by atoms with Crippen LogP contribution in [0.25, 0.3) is 0 Å². The topological polar surface area (TPSA) is 67.3 Å². The summed E-state index contributed by atoms with van der Waals surface area (Å²) in [5, 5.41) is 10.9. The summed E-state index contributed by atoms with van der Waals surface area (Å²) < 4.78 is 5.28. The maximum Gasteiger partial charge on any atom is 0.407 e. The Morgan fingerprint density at radius 1 is 1.50 bits per heavy atom. The molecule has 1 saturated heterocycles. The monoisotopic (exact) mass is 278 g/mol. The second kappa shape index (κ2) is 6.07. The molecule has 1 amide bonds. The molecule has 1 aliphatic heterocycles. The van der Waals surface area contributed by atoms with E-state index in [1.165, 1.54) is 0 Å². The first-order chi connectivity index (χ1) is 9.44. The SMILES string of the molecule is CC(C)(C)OC(=O)N[C@H]1CCCN(c2cccnn2)C1. The number of alkyl carbamates (subject to hydrolysis) is 1. The number of ether oxygens (including phenoxy) is 1. The molecule has 0 unspecified atom stereocenters. The first kappa shape index (κ1) is 14.6. The zero-order valence-electron chi connectivity index (χ0n) is 12.3. The number of nitrogens with zero attached hydrogens (tertiary/aromatic N) is 3. The average Bonchev–Trinajstić information content (AvgIpc) is 2.38. The lowest BCUT2D eigenvalue weighted by molar-refractivity contribution is 0.0500. The first-order valence-corrected chi connectivity index (χ1v) is 6.96. The maximum absolute atomic E-state index is 11.8. The molecule has 1 fully saturated rings. The lowest BCUT2D eigenvalue weighted by Crippen LogP contribution is -2.49. The second-order valence-corrected chi connectivity index (χ2v) is 6.01. The molecule has 1 atom stereocenters. The van der Waals surface area contributed by atoms with E-state index >= 15 is 0 Å². The predicted octanol–water partition coefficient (Wildman–Crippen LogP) is 1.97. The van der Waals surface area contributed by atoms with Gasteiger partial charge < -0.3 is 15.0 Å². The predicted molar refractivity (Wildman–Crippen MR) is 76.6 cm³/mol. The molecule has 0 aliphatic carbocycles. The number of carbonyl (C=O) groups is 1. The Kier molecular flexibility index (Phi) is 4.42. The number of nitrogens with one attached hydrogen (secondary N) is 1. The molecule has 110 valence electrons. The van der Waals surface area contributed by atoms with Crippen molar-refractivity contribution < 1.29 is 9.53 Å². The summed E-state index contributed by atoms with van der Waals surface area (Å²) in [4.78, 5) is 13.9. The van der Waals surface area contributed by atoms with Gasteiger partial charge in [0.05, 0.1) is 0 Å². The molecule has 2 heterocycles. The molecular formula is C14H22N4O2. The summed E-state index contributed by atoms with van der Waals surface area (Å²) >= 11 is 0. The number of aromatic nitrogens is 2. The number of hydrogen-bond donors (Lipinski definition) is 1. The number of anilines is 1. The lowest BCUT2D eigenvalue weighted by Gasteiger charge is -2.34. The van der Waals surface area contributed by atoms with Crippen LogP contribution in [-0.2, 0) is 4.74 Å². The van der Waals surface area contributed by atoms with Crippen molar-refractivity contribution in [2.24, 2.45) is 0 Å². The van der Waals surface area contributed by atoms with Crippen LogP contribution in [0.3, 0.4) is 0 Å². The smallest absolute Gasteiger partial charge is 0.407 e. The molecule has 6 heteroatoms. The molecule has 6 nitrogen and oxygen atoms in total. The third kappa shape index (κ3) is 4.36. The van der Waals surface area contributed by atoms with Crippen LogP contribution in [0.4, 0.5) is 10.6 Å². The van der Waals surface area contributed by atoms with Gasteiger partial charge in [0.25, 0.3) is 0 Å². The second-order valence-electron chi connectivity index (χ2n) is 6.01. The van der Waals surface area contributed by atoms with Crippen LogP contribution >= 0.6 is 0 Å². The lowest BCUT2D eigenvalue weighted by atomic mass is 10.1. The molecule has 1 aromatic rings. The van der Waals surface area contributed by atoms with Crippen molar-refractivity contribution in [1.82, 2.24) is 15.5 Å². The molecule has 1 N–H and O–H groups in total. The summed E-state index contributed by atoms with van der Waals surface area (Å²) in [7, 11) is 0. The molecular weight excluding hydrogens is 256 g/mol. The van der Waals surface area contributed by atoms with E-state index in [-0.39, 0.29) is 12.1 Å². The van der Waals surface area contributed by atoms with E-state index in [2.05, 4.69) is 20.4 Å². The Balaban J connectivity index is 1.89. The van der Waals surface area contributed by atoms with Crippen LogP contribution in [0.2, 0.25) is 0 Å². The van der Waals surface area contributed by atoms with Gasteiger partial charge in [0, 0.05) is 25.3 Å². The normalized spacial score (nSPS) is 19.6.